The largest absolute Gasteiger partial charge is 0.319 e. The molecule has 0 radical (unpaired) electrons. The minimum atomic E-state index is -0.386. The van der Waals surface area contributed by atoms with E-state index in [1.165, 1.54) is 6.20 Å². The van der Waals surface area contributed by atoms with Gasteiger partial charge in [0.1, 0.15) is 10.4 Å². The van der Waals surface area contributed by atoms with E-state index in [0.29, 0.717) is 16.1 Å². The van der Waals surface area contributed by atoms with Gasteiger partial charge in [-0.1, -0.05) is 25.4 Å². The monoisotopic (exact) mass is 354 g/mol. The van der Waals surface area contributed by atoms with Crippen molar-refractivity contribution >= 4 is 39.1 Å². The molecule has 2 heterocycles. The molecule has 0 saturated carbocycles. The molecule has 2 rings (SSSR count). The average Bonchev–Trinajstić information content (AvgIpc) is 2.41. The van der Waals surface area contributed by atoms with Gasteiger partial charge in [0.15, 0.2) is 5.69 Å². The van der Waals surface area contributed by atoms with Crippen LogP contribution in [0, 0.1) is 0 Å². The van der Waals surface area contributed by atoms with Crippen molar-refractivity contribution in [3.05, 3.63) is 45.7 Å². The summed E-state index contributed by atoms with van der Waals surface area (Å²) in [5.74, 6) is 0.310. The van der Waals surface area contributed by atoms with Crippen LogP contribution in [0.3, 0.4) is 0 Å². The second kappa shape index (κ2) is 6.28. The molecule has 2 aromatic heterocycles. The zero-order valence-corrected chi connectivity index (χ0v) is 13.2. The maximum absolute atomic E-state index is 12.2. The third-order valence-corrected chi connectivity index (χ3v) is 3.23. The van der Waals surface area contributed by atoms with Crippen LogP contribution >= 0.6 is 27.5 Å². The summed E-state index contributed by atoms with van der Waals surface area (Å²) in [6.45, 7) is 3.90. The first-order valence-corrected chi connectivity index (χ1v) is 7.10. The molecule has 1 amide bonds. The predicted molar refractivity (Wildman–Crippen MR) is 81.0 cm³/mol. The number of pyridine rings is 1. The fourth-order valence-corrected chi connectivity index (χ4v) is 1.87. The number of carbonyl (C=O) groups is 1. The van der Waals surface area contributed by atoms with E-state index in [0.717, 1.165) is 0 Å². The highest BCUT2D eigenvalue weighted by atomic mass is 79.9. The van der Waals surface area contributed by atoms with Gasteiger partial charge in [0.05, 0.1) is 23.1 Å². The normalized spacial score (nSPS) is 10.7. The van der Waals surface area contributed by atoms with Gasteiger partial charge in [0.25, 0.3) is 5.91 Å². The lowest BCUT2D eigenvalue weighted by Gasteiger charge is -2.08. The van der Waals surface area contributed by atoms with Crippen molar-refractivity contribution in [1.29, 1.82) is 0 Å². The molecule has 0 aliphatic carbocycles. The van der Waals surface area contributed by atoms with Crippen LogP contribution < -0.4 is 5.32 Å². The van der Waals surface area contributed by atoms with Gasteiger partial charge in [-0.3, -0.25) is 4.79 Å². The van der Waals surface area contributed by atoms with Crippen LogP contribution in [-0.2, 0) is 0 Å². The summed E-state index contributed by atoms with van der Waals surface area (Å²) in [4.78, 5) is 24.5. The van der Waals surface area contributed by atoms with E-state index in [2.05, 4.69) is 36.2 Å². The molecule has 2 aromatic rings. The molecule has 5 nitrogen and oxygen atoms in total. The minimum absolute atomic E-state index is 0.119. The van der Waals surface area contributed by atoms with E-state index in [1.807, 2.05) is 13.8 Å². The molecule has 7 heteroatoms. The Bertz CT molecular complexity index is 631. The summed E-state index contributed by atoms with van der Waals surface area (Å²) < 4.78 is 0.692. The number of nitrogens with one attached hydrogen (secondary N) is 1. The number of anilines is 1. The maximum Gasteiger partial charge on any atom is 0.275 e. The van der Waals surface area contributed by atoms with Gasteiger partial charge in [0.2, 0.25) is 0 Å². The van der Waals surface area contributed by atoms with Crippen molar-refractivity contribution in [1.82, 2.24) is 15.0 Å². The fraction of sp³-hybridized carbons (Fsp3) is 0.231. The number of nitrogens with zero attached hydrogens (tertiary/aromatic N) is 3. The number of carbonyl (C=O) groups excluding carboxylic acids is 1. The first-order valence-electron chi connectivity index (χ1n) is 5.92. The number of hydrogen-bond donors (Lipinski definition) is 1. The Hall–Kier alpha value is -1.53. The molecule has 0 atom stereocenters. The summed E-state index contributed by atoms with van der Waals surface area (Å²) in [7, 11) is 0. The van der Waals surface area contributed by atoms with Gasteiger partial charge in [-0.25, -0.2) is 15.0 Å². The predicted octanol–water partition coefficient (Wildman–Crippen LogP) is 3.66. The quantitative estimate of drug-likeness (QED) is 0.853. The van der Waals surface area contributed by atoms with Crippen LogP contribution in [-0.4, -0.2) is 20.9 Å². The molecule has 0 spiro atoms. The Balaban J connectivity index is 2.24. The average molecular weight is 356 g/mol. The highest BCUT2D eigenvalue weighted by Crippen LogP contribution is 2.18. The summed E-state index contributed by atoms with van der Waals surface area (Å²) in [5.41, 5.74) is 0.729. The summed E-state index contributed by atoms with van der Waals surface area (Å²) in [6.07, 6.45) is 2.99. The van der Waals surface area contributed by atoms with Crippen molar-refractivity contribution in [3.8, 4) is 0 Å². The smallest absolute Gasteiger partial charge is 0.275 e. The first-order chi connectivity index (χ1) is 9.47. The van der Waals surface area contributed by atoms with E-state index >= 15 is 0 Å². The lowest BCUT2D eigenvalue weighted by Crippen LogP contribution is -2.16. The van der Waals surface area contributed by atoms with E-state index in [1.54, 1.807) is 18.3 Å². The molecule has 0 aliphatic heterocycles. The van der Waals surface area contributed by atoms with E-state index in [-0.39, 0.29) is 22.5 Å². The molecular formula is C13H12BrClN4O. The third-order valence-electron chi connectivity index (χ3n) is 2.48. The Morgan fingerprint density at radius 3 is 2.65 bits per heavy atom. The Morgan fingerprint density at radius 1 is 1.30 bits per heavy atom. The van der Waals surface area contributed by atoms with Gasteiger partial charge >= 0.3 is 0 Å². The minimum Gasteiger partial charge on any atom is -0.319 e. The van der Waals surface area contributed by atoms with Crippen molar-refractivity contribution in [2.24, 2.45) is 0 Å². The first kappa shape index (κ1) is 14.9. The summed E-state index contributed by atoms with van der Waals surface area (Å²) >= 11 is 9.21. The fourth-order valence-electron chi connectivity index (χ4n) is 1.46. The zero-order valence-electron chi connectivity index (χ0n) is 10.9. The van der Waals surface area contributed by atoms with Crippen molar-refractivity contribution < 1.29 is 4.79 Å². The Labute approximate surface area is 129 Å². The molecular weight excluding hydrogens is 344 g/mol. The van der Waals surface area contributed by atoms with Gasteiger partial charge in [-0.2, -0.15) is 0 Å². The molecule has 0 fully saturated rings. The number of hydrogen-bond acceptors (Lipinski definition) is 4. The highest BCUT2D eigenvalue weighted by molar-refractivity contribution is 9.10. The van der Waals surface area contributed by atoms with Gasteiger partial charge in [-0.15, -0.1) is 0 Å². The number of halogens is 2. The Kier molecular flexibility index (Phi) is 4.67. The zero-order chi connectivity index (χ0) is 14.7. The van der Waals surface area contributed by atoms with Crippen LogP contribution in [0.15, 0.2) is 29.1 Å². The molecule has 0 aromatic carbocycles. The lowest BCUT2D eigenvalue weighted by molar-refractivity contribution is 0.102. The van der Waals surface area contributed by atoms with Gasteiger partial charge < -0.3 is 5.32 Å². The van der Waals surface area contributed by atoms with E-state index in [4.69, 9.17) is 11.6 Å². The van der Waals surface area contributed by atoms with Crippen LogP contribution in [0.5, 0.6) is 0 Å². The van der Waals surface area contributed by atoms with Crippen LogP contribution in [0.1, 0.15) is 36.1 Å². The second-order valence-electron chi connectivity index (χ2n) is 4.40. The van der Waals surface area contributed by atoms with Gasteiger partial charge in [0, 0.05) is 5.92 Å². The number of rotatable bonds is 3. The van der Waals surface area contributed by atoms with Crippen molar-refractivity contribution in [3.63, 3.8) is 0 Å². The molecule has 1 N–H and O–H groups in total. The number of amides is 1. The van der Waals surface area contributed by atoms with Crippen LogP contribution in [0.25, 0.3) is 0 Å². The standard InChI is InChI=1S/C13H12BrClN4O/c1-7(2)12-17-6-9(15)11(19-12)13(20)18-8-3-4-10(14)16-5-8/h3-7H,1-2H3,(H,18,20). The molecule has 0 bridgehead atoms. The van der Waals surface area contributed by atoms with E-state index < -0.39 is 0 Å². The third kappa shape index (κ3) is 3.52. The van der Waals surface area contributed by atoms with Crippen molar-refractivity contribution in [2.75, 3.05) is 5.32 Å². The van der Waals surface area contributed by atoms with Crippen LogP contribution in [0.4, 0.5) is 5.69 Å². The Morgan fingerprint density at radius 2 is 2.05 bits per heavy atom. The van der Waals surface area contributed by atoms with E-state index in [9.17, 15) is 4.79 Å². The molecule has 0 unspecified atom stereocenters. The summed E-state index contributed by atoms with van der Waals surface area (Å²) in [5, 5.41) is 2.91. The SMILES string of the molecule is CC(C)c1ncc(Cl)c(C(=O)Nc2ccc(Br)nc2)n1. The topological polar surface area (TPSA) is 67.8 Å². The molecule has 104 valence electrons. The van der Waals surface area contributed by atoms with Crippen LogP contribution in [0.2, 0.25) is 5.02 Å². The highest BCUT2D eigenvalue weighted by Gasteiger charge is 2.15. The second-order valence-corrected chi connectivity index (χ2v) is 5.62. The van der Waals surface area contributed by atoms with Crippen molar-refractivity contribution in [2.45, 2.75) is 19.8 Å². The molecule has 0 aliphatic rings. The molecule has 0 saturated heterocycles. The number of aromatic nitrogens is 3. The maximum atomic E-state index is 12.2. The molecule has 20 heavy (non-hydrogen) atoms. The summed E-state index contributed by atoms with van der Waals surface area (Å²) in [6, 6.07) is 3.46. The van der Waals surface area contributed by atoms with Gasteiger partial charge in [-0.05, 0) is 28.1 Å². The lowest BCUT2D eigenvalue weighted by atomic mass is 10.2.